The molecule has 0 saturated carbocycles. The smallest absolute Gasteiger partial charge is 0.242 e. The Labute approximate surface area is 94.6 Å². The Balaban J connectivity index is 3.13. The maximum absolute atomic E-state index is 8.39. The van der Waals surface area contributed by atoms with Crippen molar-refractivity contribution in [1.82, 2.24) is 0 Å². The SMILES string of the molecule is C[Si](C)(C)Oc1cc(Cl)ccc1N=[N+]=[N-]. The Morgan fingerprint density at radius 1 is 1.40 bits per heavy atom. The Morgan fingerprint density at radius 2 is 2.07 bits per heavy atom. The van der Waals surface area contributed by atoms with Crippen molar-refractivity contribution < 1.29 is 4.43 Å². The van der Waals surface area contributed by atoms with Crippen LogP contribution in [0.15, 0.2) is 23.3 Å². The van der Waals surface area contributed by atoms with Crippen LogP contribution in [0.5, 0.6) is 5.75 Å². The largest absolute Gasteiger partial charge is 0.544 e. The molecule has 0 aliphatic heterocycles. The normalized spacial score (nSPS) is 10.7. The van der Waals surface area contributed by atoms with Gasteiger partial charge in [-0.15, -0.1) is 0 Å². The summed E-state index contributed by atoms with van der Waals surface area (Å²) in [6.45, 7) is 6.15. The van der Waals surface area contributed by atoms with Crippen LogP contribution in [0.25, 0.3) is 10.4 Å². The van der Waals surface area contributed by atoms with Crippen LogP contribution in [-0.2, 0) is 0 Å². The highest BCUT2D eigenvalue weighted by atomic mass is 35.5. The van der Waals surface area contributed by atoms with E-state index in [4.69, 9.17) is 21.6 Å². The summed E-state index contributed by atoms with van der Waals surface area (Å²) in [6.07, 6.45) is 0. The summed E-state index contributed by atoms with van der Waals surface area (Å²) in [5, 5.41) is 4.12. The van der Waals surface area contributed by atoms with Crippen molar-refractivity contribution in [2.24, 2.45) is 5.11 Å². The molecule has 0 heterocycles. The summed E-state index contributed by atoms with van der Waals surface area (Å²) in [5.74, 6) is 0.555. The van der Waals surface area contributed by atoms with Crippen molar-refractivity contribution in [2.75, 3.05) is 0 Å². The summed E-state index contributed by atoms with van der Waals surface area (Å²) in [7, 11) is -1.72. The van der Waals surface area contributed by atoms with Crippen molar-refractivity contribution in [3.8, 4) is 5.75 Å². The molecule has 0 spiro atoms. The molecule has 0 atom stereocenters. The Bertz CT molecular complexity index is 410. The highest BCUT2D eigenvalue weighted by molar-refractivity contribution is 6.70. The molecule has 1 aromatic carbocycles. The molecule has 0 bridgehead atoms. The van der Waals surface area contributed by atoms with E-state index in [2.05, 4.69) is 10.0 Å². The number of azide groups is 1. The molecular formula is C9H12ClN3OSi. The fourth-order valence-corrected chi connectivity index (χ4v) is 2.02. The van der Waals surface area contributed by atoms with E-state index in [0.717, 1.165) is 0 Å². The maximum atomic E-state index is 8.39. The van der Waals surface area contributed by atoms with Crippen molar-refractivity contribution in [3.05, 3.63) is 33.7 Å². The van der Waals surface area contributed by atoms with E-state index >= 15 is 0 Å². The first-order chi connectivity index (χ1) is 6.92. The van der Waals surface area contributed by atoms with E-state index in [1.54, 1.807) is 18.2 Å². The molecule has 6 heteroatoms. The van der Waals surface area contributed by atoms with Gasteiger partial charge in [-0.3, -0.25) is 0 Å². The summed E-state index contributed by atoms with van der Waals surface area (Å²) in [4.78, 5) is 2.74. The lowest BCUT2D eigenvalue weighted by Gasteiger charge is -2.20. The van der Waals surface area contributed by atoms with Crippen molar-refractivity contribution in [1.29, 1.82) is 0 Å². The van der Waals surface area contributed by atoms with E-state index < -0.39 is 8.32 Å². The quantitative estimate of drug-likeness (QED) is 0.333. The molecule has 0 radical (unpaired) electrons. The molecule has 0 aromatic heterocycles. The lowest BCUT2D eigenvalue weighted by molar-refractivity contribution is 0.559. The molecule has 80 valence electrons. The maximum Gasteiger partial charge on any atom is 0.242 e. The standard InChI is InChI=1S/C9H12ClN3OSi/c1-15(2,3)14-9-6-7(10)4-5-8(9)12-13-11/h4-6H,1-3H3. The molecule has 4 nitrogen and oxygen atoms in total. The first-order valence-corrected chi connectivity index (χ1v) is 8.25. The third-order valence-electron chi connectivity index (χ3n) is 1.49. The van der Waals surface area contributed by atoms with Gasteiger partial charge >= 0.3 is 0 Å². The molecule has 0 saturated heterocycles. The van der Waals surface area contributed by atoms with Crippen LogP contribution in [0.2, 0.25) is 24.7 Å². The molecule has 0 N–H and O–H groups in total. The number of hydrogen-bond acceptors (Lipinski definition) is 2. The zero-order valence-corrected chi connectivity index (χ0v) is 10.6. The van der Waals surface area contributed by atoms with Gasteiger partial charge in [0, 0.05) is 9.93 Å². The third-order valence-corrected chi connectivity index (χ3v) is 2.56. The minimum atomic E-state index is -1.72. The van der Waals surface area contributed by atoms with Gasteiger partial charge in [0.05, 0.1) is 5.69 Å². The first-order valence-electron chi connectivity index (χ1n) is 4.46. The van der Waals surface area contributed by atoms with Gasteiger partial charge in [-0.2, -0.15) is 0 Å². The topological polar surface area (TPSA) is 58.0 Å². The Hall–Kier alpha value is -1.16. The second-order valence-corrected chi connectivity index (χ2v) is 8.88. The predicted molar refractivity (Wildman–Crippen MR) is 64.2 cm³/mol. The molecule has 0 unspecified atom stereocenters. The highest BCUT2D eigenvalue weighted by Gasteiger charge is 2.18. The Morgan fingerprint density at radius 3 is 2.60 bits per heavy atom. The van der Waals surface area contributed by atoms with Gasteiger partial charge in [0.25, 0.3) is 0 Å². The van der Waals surface area contributed by atoms with Crippen LogP contribution in [-0.4, -0.2) is 8.32 Å². The van der Waals surface area contributed by atoms with Gasteiger partial charge in [-0.05, 0) is 43.4 Å². The number of nitrogens with zero attached hydrogens (tertiary/aromatic N) is 3. The molecule has 1 rings (SSSR count). The third kappa shape index (κ3) is 3.83. The number of halogens is 1. The number of benzene rings is 1. The van der Waals surface area contributed by atoms with Gasteiger partial charge in [-0.1, -0.05) is 16.7 Å². The number of rotatable bonds is 3. The first kappa shape index (κ1) is 11.9. The van der Waals surface area contributed by atoms with Crippen LogP contribution >= 0.6 is 11.6 Å². The zero-order chi connectivity index (χ0) is 11.5. The Kier molecular flexibility index (Phi) is 3.63. The van der Waals surface area contributed by atoms with Gasteiger partial charge in [0.1, 0.15) is 5.75 Å². The lowest BCUT2D eigenvalue weighted by Crippen LogP contribution is -2.29. The van der Waals surface area contributed by atoms with Crippen LogP contribution in [0, 0.1) is 0 Å². The van der Waals surface area contributed by atoms with E-state index in [-0.39, 0.29) is 0 Å². The zero-order valence-electron chi connectivity index (χ0n) is 8.86. The van der Waals surface area contributed by atoms with Crippen LogP contribution < -0.4 is 4.43 Å². The van der Waals surface area contributed by atoms with Crippen LogP contribution in [0.3, 0.4) is 0 Å². The van der Waals surface area contributed by atoms with Gasteiger partial charge in [-0.25, -0.2) is 0 Å². The minimum absolute atomic E-state index is 0.476. The lowest BCUT2D eigenvalue weighted by atomic mass is 10.3. The fourth-order valence-electron chi connectivity index (χ4n) is 1.03. The molecule has 0 aliphatic carbocycles. The fraction of sp³-hybridized carbons (Fsp3) is 0.333. The molecule has 15 heavy (non-hydrogen) atoms. The molecule has 0 fully saturated rings. The van der Waals surface area contributed by atoms with Gasteiger partial charge in [0.2, 0.25) is 8.32 Å². The van der Waals surface area contributed by atoms with E-state index in [0.29, 0.717) is 16.5 Å². The summed E-state index contributed by atoms with van der Waals surface area (Å²) in [6, 6.07) is 4.99. The molecular weight excluding hydrogens is 230 g/mol. The van der Waals surface area contributed by atoms with Crippen molar-refractivity contribution in [2.45, 2.75) is 19.6 Å². The highest BCUT2D eigenvalue weighted by Crippen LogP contribution is 2.32. The molecule has 0 aliphatic rings. The van der Waals surface area contributed by atoms with E-state index in [1.807, 2.05) is 19.6 Å². The van der Waals surface area contributed by atoms with E-state index in [9.17, 15) is 0 Å². The predicted octanol–water partition coefficient (Wildman–Crippen LogP) is 4.50. The van der Waals surface area contributed by atoms with Gasteiger partial charge in [0.15, 0.2) is 0 Å². The van der Waals surface area contributed by atoms with Crippen molar-refractivity contribution in [3.63, 3.8) is 0 Å². The summed E-state index contributed by atoms with van der Waals surface area (Å²) < 4.78 is 5.76. The summed E-state index contributed by atoms with van der Waals surface area (Å²) >= 11 is 5.85. The molecule has 1 aromatic rings. The van der Waals surface area contributed by atoms with E-state index in [1.165, 1.54) is 0 Å². The second kappa shape index (κ2) is 4.57. The average Bonchev–Trinajstić information content (AvgIpc) is 2.07. The number of hydrogen-bond donors (Lipinski definition) is 0. The van der Waals surface area contributed by atoms with Crippen molar-refractivity contribution >= 4 is 25.6 Å². The van der Waals surface area contributed by atoms with Crippen LogP contribution in [0.4, 0.5) is 5.69 Å². The summed E-state index contributed by atoms with van der Waals surface area (Å²) in [5.41, 5.74) is 8.87. The van der Waals surface area contributed by atoms with Crippen LogP contribution in [0.1, 0.15) is 0 Å². The monoisotopic (exact) mass is 241 g/mol. The second-order valence-electron chi connectivity index (χ2n) is 4.02. The molecule has 0 amide bonds. The van der Waals surface area contributed by atoms with Gasteiger partial charge < -0.3 is 4.43 Å². The average molecular weight is 242 g/mol. The minimum Gasteiger partial charge on any atom is -0.544 e.